The standard InChI is InChI=1S/C18H20F3N3O3/c1-17(15(26)23-16(27)24-17)11-5-3-7-13(9-11)22-14(25)10-4-2-6-12(8-10)18(19,20)21/h3,5,7,9-10,12H,2,4,6,8H2,1H3,(H,22,25)(H2,23,24,26,27)/t10-,12+,17+/m0/s1. The maximum absolute atomic E-state index is 12.9. The van der Waals surface area contributed by atoms with Gasteiger partial charge >= 0.3 is 12.2 Å². The van der Waals surface area contributed by atoms with Crippen LogP contribution in [0.25, 0.3) is 0 Å². The molecule has 4 amide bonds. The number of nitrogens with one attached hydrogen (secondary N) is 3. The Kier molecular flexibility index (Phi) is 4.88. The zero-order valence-corrected chi connectivity index (χ0v) is 14.7. The van der Waals surface area contributed by atoms with Crippen LogP contribution in [-0.4, -0.2) is 24.0 Å². The van der Waals surface area contributed by atoms with Gasteiger partial charge in [-0.2, -0.15) is 13.2 Å². The Morgan fingerprint density at radius 1 is 1.26 bits per heavy atom. The van der Waals surface area contributed by atoms with Crippen molar-refractivity contribution < 1.29 is 27.6 Å². The summed E-state index contributed by atoms with van der Waals surface area (Å²) in [5.41, 5.74) is -0.452. The van der Waals surface area contributed by atoms with Gasteiger partial charge in [0.1, 0.15) is 5.54 Å². The predicted molar refractivity (Wildman–Crippen MR) is 90.6 cm³/mol. The highest BCUT2D eigenvalue weighted by atomic mass is 19.4. The number of alkyl halides is 3. The van der Waals surface area contributed by atoms with Crippen molar-refractivity contribution in [2.24, 2.45) is 11.8 Å². The molecular weight excluding hydrogens is 363 g/mol. The first-order chi connectivity index (χ1) is 12.6. The molecule has 1 aromatic rings. The Hall–Kier alpha value is -2.58. The second kappa shape index (κ2) is 6.86. The molecule has 1 saturated heterocycles. The molecule has 3 rings (SSSR count). The fourth-order valence-electron chi connectivity index (χ4n) is 3.62. The van der Waals surface area contributed by atoms with Crippen molar-refractivity contribution in [3.8, 4) is 0 Å². The summed E-state index contributed by atoms with van der Waals surface area (Å²) in [6.45, 7) is 1.53. The summed E-state index contributed by atoms with van der Waals surface area (Å²) in [7, 11) is 0. The zero-order valence-electron chi connectivity index (χ0n) is 14.7. The smallest absolute Gasteiger partial charge is 0.326 e. The van der Waals surface area contributed by atoms with E-state index < -0.39 is 41.4 Å². The fourth-order valence-corrected chi connectivity index (χ4v) is 3.62. The normalized spacial score (nSPS) is 28.4. The second-order valence-corrected chi connectivity index (χ2v) is 7.21. The minimum absolute atomic E-state index is 0.0515. The van der Waals surface area contributed by atoms with Gasteiger partial charge in [0.25, 0.3) is 5.91 Å². The molecule has 0 bridgehead atoms. The van der Waals surface area contributed by atoms with E-state index in [9.17, 15) is 27.6 Å². The number of anilines is 1. The molecule has 146 valence electrons. The van der Waals surface area contributed by atoms with Gasteiger partial charge in [0.05, 0.1) is 5.92 Å². The Labute approximate surface area is 153 Å². The largest absolute Gasteiger partial charge is 0.391 e. The molecule has 0 unspecified atom stereocenters. The highest BCUT2D eigenvalue weighted by molar-refractivity contribution is 6.07. The topological polar surface area (TPSA) is 87.3 Å². The van der Waals surface area contributed by atoms with E-state index in [2.05, 4.69) is 16.0 Å². The van der Waals surface area contributed by atoms with Crippen molar-refractivity contribution >= 4 is 23.5 Å². The molecule has 0 spiro atoms. The molecular formula is C18H20F3N3O3. The number of imide groups is 1. The fraction of sp³-hybridized carbons (Fsp3) is 0.500. The molecule has 1 aromatic carbocycles. The Balaban J connectivity index is 1.72. The van der Waals surface area contributed by atoms with E-state index >= 15 is 0 Å². The van der Waals surface area contributed by atoms with Gasteiger partial charge in [0.15, 0.2) is 0 Å². The van der Waals surface area contributed by atoms with Crippen LogP contribution in [0.1, 0.15) is 38.2 Å². The first-order valence-corrected chi connectivity index (χ1v) is 8.71. The van der Waals surface area contributed by atoms with Crippen molar-refractivity contribution in [1.29, 1.82) is 0 Å². The van der Waals surface area contributed by atoms with Crippen LogP contribution in [0.3, 0.4) is 0 Å². The lowest BCUT2D eigenvalue weighted by Crippen LogP contribution is -2.40. The number of hydrogen-bond acceptors (Lipinski definition) is 3. The van der Waals surface area contributed by atoms with Crippen LogP contribution < -0.4 is 16.0 Å². The zero-order chi connectivity index (χ0) is 19.8. The number of halogens is 3. The van der Waals surface area contributed by atoms with Crippen LogP contribution in [0.4, 0.5) is 23.7 Å². The Morgan fingerprint density at radius 3 is 2.63 bits per heavy atom. The van der Waals surface area contributed by atoms with Gasteiger partial charge in [-0.1, -0.05) is 18.6 Å². The average Bonchev–Trinajstić information content (AvgIpc) is 2.87. The Bertz CT molecular complexity index is 781. The molecule has 1 saturated carbocycles. The molecule has 3 N–H and O–H groups in total. The maximum Gasteiger partial charge on any atom is 0.391 e. The van der Waals surface area contributed by atoms with Gasteiger partial charge in [-0.3, -0.25) is 14.9 Å². The lowest BCUT2D eigenvalue weighted by molar-refractivity contribution is -0.185. The minimum atomic E-state index is -4.29. The lowest BCUT2D eigenvalue weighted by atomic mass is 9.80. The van der Waals surface area contributed by atoms with Crippen LogP contribution in [0.2, 0.25) is 0 Å². The van der Waals surface area contributed by atoms with E-state index in [1.54, 1.807) is 18.2 Å². The molecule has 27 heavy (non-hydrogen) atoms. The number of benzene rings is 1. The molecule has 3 atom stereocenters. The number of urea groups is 1. The average molecular weight is 383 g/mol. The van der Waals surface area contributed by atoms with Crippen molar-refractivity contribution in [1.82, 2.24) is 10.6 Å². The van der Waals surface area contributed by atoms with Crippen molar-refractivity contribution in [2.45, 2.75) is 44.3 Å². The van der Waals surface area contributed by atoms with Crippen LogP contribution >= 0.6 is 0 Å². The third kappa shape index (κ3) is 3.91. The summed E-state index contributed by atoms with van der Waals surface area (Å²) in [4.78, 5) is 35.9. The quantitative estimate of drug-likeness (QED) is 0.701. The van der Waals surface area contributed by atoms with Crippen LogP contribution in [0.5, 0.6) is 0 Å². The summed E-state index contributed by atoms with van der Waals surface area (Å²) >= 11 is 0. The van der Waals surface area contributed by atoms with E-state index in [4.69, 9.17) is 0 Å². The summed E-state index contributed by atoms with van der Waals surface area (Å²) in [5, 5.41) is 7.32. The van der Waals surface area contributed by atoms with Gasteiger partial charge in [-0.05, 0) is 43.9 Å². The first kappa shape index (κ1) is 19.2. The monoisotopic (exact) mass is 383 g/mol. The molecule has 2 aliphatic rings. The van der Waals surface area contributed by atoms with Gasteiger partial charge in [0.2, 0.25) is 5.91 Å². The molecule has 1 heterocycles. The minimum Gasteiger partial charge on any atom is -0.326 e. The van der Waals surface area contributed by atoms with E-state index in [1.165, 1.54) is 13.0 Å². The van der Waals surface area contributed by atoms with E-state index in [1.807, 2.05) is 0 Å². The van der Waals surface area contributed by atoms with Crippen molar-refractivity contribution in [2.75, 3.05) is 5.32 Å². The number of amides is 4. The molecule has 6 nitrogen and oxygen atoms in total. The number of hydrogen-bond donors (Lipinski definition) is 3. The predicted octanol–water partition coefficient (Wildman–Crippen LogP) is 3.05. The second-order valence-electron chi connectivity index (χ2n) is 7.21. The summed E-state index contributed by atoms with van der Waals surface area (Å²) < 4.78 is 38.8. The SMILES string of the molecule is C[C@]1(c2cccc(NC(=O)[C@H]3CCC[C@@H](C(F)(F)F)C3)c2)NC(=O)NC1=O. The molecule has 1 aliphatic carbocycles. The summed E-state index contributed by atoms with van der Waals surface area (Å²) in [6.07, 6.45) is -3.69. The first-order valence-electron chi connectivity index (χ1n) is 8.71. The third-order valence-corrected chi connectivity index (χ3v) is 5.26. The number of carbonyl (C=O) groups is 3. The van der Waals surface area contributed by atoms with Crippen LogP contribution in [0.15, 0.2) is 24.3 Å². The molecule has 1 aliphatic heterocycles. The summed E-state index contributed by atoms with van der Waals surface area (Å²) in [6, 6.07) is 5.74. The maximum atomic E-state index is 12.9. The Morgan fingerprint density at radius 2 is 2.00 bits per heavy atom. The highest BCUT2D eigenvalue weighted by Gasteiger charge is 2.44. The lowest BCUT2D eigenvalue weighted by Gasteiger charge is -2.29. The molecule has 2 fully saturated rings. The highest BCUT2D eigenvalue weighted by Crippen LogP contribution is 2.40. The van der Waals surface area contributed by atoms with E-state index in [0.717, 1.165) is 0 Å². The van der Waals surface area contributed by atoms with Crippen molar-refractivity contribution in [3.63, 3.8) is 0 Å². The van der Waals surface area contributed by atoms with E-state index in [-0.39, 0.29) is 12.8 Å². The molecule has 9 heteroatoms. The third-order valence-electron chi connectivity index (χ3n) is 5.26. The number of carbonyl (C=O) groups excluding carboxylic acids is 3. The van der Waals surface area contributed by atoms with Crippen LogP contribution in [-0.2, 0) is 15.1 Å². The summed E-state index contributed by atoms with van der Waals surface area (Å²) in [5.74, 6) is -3.15. The van der Waals surface area contributed by atoms with Gasteiger partial charge < -0.3 is 10.6 Å². The van der Waals surface area contributed by atoms with Gasteiger partial charge in [-0.15, -0.1) is 0 Å². The molecule has 0 radical (unpaired) electrons. The van der Waals surface area contributed by atoms with Crippen LogP contribution in [0, 0.1) is 11.8 Å². The molecule has 0 aromatic heterocycles. The van der Waals surface area contributed by atoms with E-state index in [0.29, 0.717) is 24.1 Å². The van der Waals surface area contributed by atoms with Crippen molar-refractivity contribution in [3.05, 3.63) is 29.8 Å². The van der Waals surface area contributed by atoms with Gasteiger partial charge in [-0.25, -0.2) is 4.79 Å². The number of rotatable bonds is 3. The van der Waals surface area contributed by atoms with Gasteiger partial charge in [0, 0.05) is 11.6 Å².